The van der Waals surface area contributed by atoms with E-state index in [9.17, 15) is 0 Å². The van der Waals surface area contributed by atoms with E-state index in [0.29, 0.717) is 18.0 Å². The van der Waals surface area contributed by atoms with E-state index >= 15 is 0 Å². The van der Waals surface area contributed by atoms with Crippen molar-refractivity contribution in [1.29, 1.82) is 0 Å². The zero-order valence-electron chi connectivity index (χ0n) is 10.6. The molecule has 90 valence electrons. The second-order valence-electron chi connectivity index (χ2n) is 4.58. The van der Waals surface area contributed by atoms with E-state index in [4.69, 9.17) is 0 Å². The highest BCUT2D eigenvalue weighted by molar-refractivity contribution is 9.10. The van der Waals surface area contributed by atoms with E-state index in [1.807, 2.05) is 0 Å². The van der Waals surface area contributed by atoms with E-state index < -0.39 is 0 Å². The molecule has 0 aliphatic rings. The average molecular weight is 284 g/mol. The lowest BCUT2D eigenvalue weighted by molar-refractivity contribution is 0.360. The molecule has 1 aromatic rings. The molecule has 0 bridgehead atoms. The van der Waals surface area contributed by atoms with Gasteiger partial charge in [0.05, 0.1) is 0 Å². The summed E-state index contributed by atoms with van der Waals surface area (Å²) in [6.07, 6.45) is 1.22. The summed E-state index contributed by atoms with van der Waals surface area (Å²) in [5, 5.41) is 3.66. The Bertz CT molecular complexity index is 324. The molecule has 0 aliphatic heterocycles. The van der Waals surface area contributed by atoms with E-state index in [0.717, 1.165) is 0 Å². The molecule has 3 unspecified atom stereocenters. The summed E-state index contributed by atoms with van der Waals surface area (Å²) < 4.78 is 1.19. The Kier molecular flexibility index (Phi) is 5.50. The van der Waals surface area contributed by atoms with Crippen LogP contribution >= 0.6 is 15.9 Å². The van der Waals surface area contributed by atoms with Gasteiger partial charge in [0.25, 0.3) is 0 Å². The quantitative estimate of drug-likeness (QED) is 0.837. The summed E-state index contributed by atoms with van der Waals surface area (Å²) in [6.45, 7) is 9.02. The van der Waals surface area contributed by atoms with Crippen LogP contribution in [0.3, 0.4) is 0 Å². The van der Waals surface area contributed by atoms with Crippen molar-refractivity contribution in [3.05, 3.63) is 34.3 Å². The molecule has 0 heterocycles. The third-order valence-electron chi connectivity index (χ3n) is 3.38. The lowest BCUT2D eigenvalue weighted by atomic mass is 9.99. The van der Waals surface area contributed by atoms with Crippen molar-refractivity contribution in [3.63, 3.8) is 0 Å². The Morgan fingerprint density at radius 1 is 1.19 bits per heavy atom. The van der Waals surface area contributed by atoms with Gasteiger partial charge in [-0.3, -0.25) is 0 Å². The summed E-state index contributed by atoms with van der Waals surface area (Å²) in [7, 11) is 0. The smallest absolute Gasteiger partial charge is 0.0305 e. The maximum atomic E-state index is 3.66. The molecule has 1 rings (SSSR count). The molecule has 0 amide bonds. The summed E-state index contributed by atoms with van der Waals surface area (Å²) in [6, 6.07) is 9.35. The van der Waals surface area contributed by atoms with Crippen molar-refractivity contribution >= 4 is 15.9 Å². The maximum absolute atomic E-state index is 3.66. The van der Waals surface area contributed by atoms with Crippen molar-refractivity contribution in [1.82, 2.24) is 5.32 Å². The van der Waals surface area contributed by atoms with Crippen LogP contribution in [0.5, 0.6) is 0 Å². The van der Waals surface area contributed by atoms with Gasteiger partial charge in [0, 0.05) is 16.6 Å². The Morgan fingerprint density at radius 2 is 1.81 bits per heavy atom. The standard InChI is InChI=1S/C14H22BrN/c1-5-10(2)11(3)16-12(4)13-8-6-7-9-14(13)15/h6-12,16H,5H2,1-4H3. The summed E-state index contributed by atoms with van der Waals surface area (Å²) in [4.78, 5) is 0. The molecule has 0 fully saturated rings. The van der Waals surface area contributed by atoms with Crippen LogP contribution in [0, 0.1) is 5.92 Å². The number of benzene rings is 1. The number of hydrogen-bond donors (Lipinski definition) is 1. The van der Waals surface area contributed by atoms with Crippen LogP contribution in [-0.4, -0.2) is 6.04 Å². The first-order chi connectivity index (χ1) is 7.56. The molecule has 0 radical (unpaired) electrons. The van der Waals surface area contributed by atoms with Gasteiger partial charge in [0.2, 0.25) is 0 Å². The monoisotopic (exact) mass is 283 g/mol. The molecule has 0 spiro atoms. The second-order valence-corrected chi connectivity index (χ2v) is 5.44. The van der Waals surface area contributed by atoms with Crippen molar-refractivity contribution in [2.45, 2.75) is 46.2 Å². The van der Waals surface area contributed by atoms with Crippen LogP contribution in [0.15, 0.2) is 28.7 Å². The van der Waals surface area contributed by atoms with Crippen LogP contribution < -0.4 is 5.32 Å². The minimum Gasteiger partial charge on any atom is -0.307 e. The van der Waals surface area contributed by atoms with E-state index in [-0.39, 0.29) is 0 Å². The van der Waals surface area contributed by atoms with Gasteiger partial charge in [-0.15, -0.1) is 0 Å². The molecule has 0 aliphatic carbocycles. The van der Waals surface area contributed by atoms with Crippen molar-refractivity contribution in [2.75, 3.05) is 0 Å². The number of halogens is 1. The topological polar surface area (TPSA) is 12.0 Å². The number of nitrogens with one attached hydrogen (secondary N) is 1. The lowest BCUT2D eigenvalue weighted by Crippen LogP contribution is -2.34. The highest BCUT2D eigenvalue weighted by Gasteiger charge is 2.15. The van der Waals surface area contributed by atoms with Gasteiger partial charge in [0.1, 0.15) is 0 Å². The van der Waals surface area contributed by atoms with E-state index in [1.54, 1.807) is 0 Å². The van der Waals surface area contributed by atoms with Crippen molar-refractivity contribution in [3.8, 4) is 0 Å². The predicted octanol–water partition coefficient (Wildman–Crippen LogP) is 4.53. The number of hydrogen-bond acceptors (Lipinski definition) is 1. The summed E-state index contributed by atoms with van der Waals surface area (Å²) >= 11 is 3.60. The molecule has 16 heavy (non-hydrogen) atoms. The van der Waals surface area contributed by atoms with Crippen molar-refractivity contribution < 1.29 is 0 Å². The molecular formula is C14H22BrN. The molecule has 1 N–H and O–H groups in total. The van der Waals surface area contributed by atoms with Crippen molar-refractivity contribution in [2.24, 2.45) is 5.92 Å². The SMILES string of the molecule is CCC(C)C(C)NC(C)c1ccccc1Br. The molecular weight excluding hydrogens is 262 g/mol. The second kappa shape index (κ2) is 6.41. The zero-order valence-corrected chi connectivity index (χ0v) is 12.2. The van der Waals surface area contributed by atoms with Crippen LogP contribution in [0.4, 0.5) is 0 Å². The van der Waals surface area contributed by atoms with Crippen LogP contribution in [0.2, 0.25) is 0 Å². The fourth-order valence-corrected chi connectivity index (χ4v) is 2.46. The van der Waals surface area contributed by atoms with Gasteiger partial charge in [-0.05, 0) is 31.4 Å². The largest absolute Gasteiger partial charge is 0.307 e. The Morgan fingerprint density at radius 3 is 2.38 bits per heavy atom. The fraction of sp³-hybridized carbons (Fsp3) is 0.571. The molecule has 0 saturated heterocycles. The van der Waals surface area contributed by atoms with Crippen LogP contribution in [0.1, 0.15) is 45.7 Å². The average Bonchev–Trinajstić information content (AvgIpc) is 2.28. The minimum absolute atomic E-state index is 0.388. The number of rotatable bonds is 5. The fourth-order valence-electron chi connectivity index (χ4n) is 1.83. The van der Waals surface area contributed by atoms with Gasteiger partial charge in [-0.25, -0.2) is 0 Å². The van der Waals surface area contributed by atoms with E-state index in [1.165, 1.54) is 16.5 Å². The highest BCUT2D eigenvalue weighted by Crippen LogP contribution is 2.24. The van der Waals surface area contributed by atoms with Gasteiger partial charge < -0.3 is 5.32 Å². The molecule has 1 nitrogen and oxygen atoms in total. The summed E-state index contributed by atoms with van der Waals surface area (Å²) in [5.74, 6) is 0.713. The third-order valence-corrected chi connectivity index (χ3v) is 4.10. The van der Waals surface area contributed by atoms with Crippen LogP contribution in [0.25, 0.3) is 0 Å². The van der Waals surface area contributed by atoms with Gasteiger partial charge in [0.15, 0.2) is 0 Å². The Labute approximate surface area is 108 Å². The first kappa shape index (κ1) is 13.7. The minimum atomic E-state index is 0.388. The van der Waals surface area contributed by atoms with Crippen LogP contribution in [-0.2, 0) is 0 Å². The lowest BCUT2D eigenvalue weighted by Gasteiger charge is -2.25. The normalized spacial score (nSPS) is 16.8. The molecule has 3 atom stereocenters. The van der Waals surface area contributed by atoms with Gasteiger partial charge in [-0.1, -0.05) is 54.4 Å². The molecule has 1 aromatic carbocycles. The van der Waals surface area contributed by atoms with Gasteiger partial charge in [-0.2, -0.15) is 0 Å². The Hall–Kier alpha value is -0.340. The molecule has 2 heteroatoms. The molecule has 0 aromatic heterocycles. The van der Waals surface area contributed by atoms with E-state index in [2.05, 4.69) is 73.2 Å². The van der Waals surface area contributed by atoms with Gasteiger partial charge >= 0.3 is 0 Å². The maximum Gasteiger partial charge on any atom is 0.0305 e. The third kappa shape index (κ3) is 3.60. The predicted molar refractivity (Wildman–Crippen MR) is 74.6 cm³/mol. The highest BCUT2D eigenvalue weighted by atomic mass is 79.9. The zero-order chi connectivity index (χ0) is 12.1. The first-order valence-corrected chi connectivity index (χ1v) is 6.86. The first-order valence-electron chi connectivity index (χ1n) is 6.06. The Balaban J connectivity index is 2.65. The summed E-state index contributed by atoms with van der Waals surface area (Å²) in [5.41, 5.74) is 1.33. The molecule has 0 saturated carbocycles.